The molecule has 0 aromatic carbocycles. The molecule has 3 amide bonds. The number of nitrogens with zero attached hydrogens (tertiary/aromatic N) is 5. The lowest BCUT2D eigenvalue weighted by molar-refractivity contribution is 0.145. The van der Waals surface area contributed by atoms with Crippen molar-refractivity contribution in [2.45, 2.75) is 55.9 Å². The van der Waals surface area contributed by atoms with Gasteiger partial charge in [0.1, 0.15) is 6.26 Å². The minimum Gasteiger partial charge on any atom is -0.609 e. The monoisotopic (exact) mass is 393 g/mol. The Balaban J connectivity index is 1.67. The Bertz CT molecular complexity index is 755. The van der Waals surface area contributed by atoms with E-state index in [2.05, 4.69) is 9.97 Å². The van der Waals surface area contributed by atoms with Gasteiger partial charge in [0.25, 0.3) is 0 Å². The number of carbonyl (C=O) groups excluding carboxylic acids is 1. The van der Waals surface area contributed by atoms with E-state index in [1.54, 1.807) is 16.0 Å². The van der Waals surface area contributed by atoms with Crippen LogP contribution in [0.3, 0.4) is 0 Å². The topological polar surface area (TPSA) is 113 Å². The second kappa shape index (κ2) is 7.16. The summed E-state index contributed by atoms with van der Waals surface area (Å²) in [5.41, 5.74) is 0.824. The van der Waals surface area contributed by atoms with Crippen LogP contribution >= 0.6 is 0 Å². The second-order valence-corrected chi connectivity index (χ2v) is 8.62. The zero-order valence-corrected chi connectivity index (χ0v) is 16.0. The first-order chi connectivity index (χ1) is 13.0. The van der Waals surface area contributed by atoms with Crippen LogP contribution in [0, 0.1) is 0 Å². The smallest absolute Gasteiger partial charge is 0.407 e. The molecule has 9 nitrogen and oxygen atoms in total. The van der Waals surface area contributed by atoms with Gasteiger partial charge in [-0.15, -0.1) is 0 Å². The summed E-state index contributed by atoms with van der Waals surface area (Å²) in [6, 6.07) is -0.201. The molecule has 0 spiro atoms. The quantitative estimate of drug-likeness (QED) is 0.617. The molecule has 1 saturated heterocycles. The minimum absolute atomic E-state index is 0.0732. The number of fused-ring (bicyclic) bond motifs is 1. The predicted molar refractivity (Wildman–Crippen MR) is 98.0 cm³/mol. The number of likely N-dealkylation sites (tertiary alicyclic amines) is 1. The molecule has 1 aliphatic carbocycles. The maximum absolute atomic E-state index is 13.4. The molecule has 3 heterocycles. The molecule has 1 N–H and O–H groups in total. The summed E-state index contributed by atoms with van der Waals surface area (Å²) in [6.45, 7) is 1.11. The normalized spacial score (nSPS) is 24.4. The van der Waals surface area contributed by atoms with Crippen molar-refractivity contribution in [3.8, 4) is 0 Å². The lowest BCUT2D eigenvalue weighted by Gasteiger charge is -2.41. The number of aromatic nitrogens is 2. The summed E-state index contributed by atoms with van der Waals surface area (Å²) in [7, 11) is 0. The second-order valence-electron chi connectivity index (χ2n) is 7.35. The number of amides is 3. The van der Waals surface area contributed by atoms with Gasteiger partial charge in [-0.1, -0.05) is 12.8 Å². The van der Waals surface area contributed by atoms with E-state index in [1.165, 1.54) is 11.2 Å². The highest BCUT2D eigenvalue weighted by Gasteiger charge is 2.42. The summed E-state index contributed by atoms with van der Waals surface area (Å²) in [5, 5.41) is 9.46. The summed E-state index contributed by atoms with van der Waals surface area (Å²) in [6.07, 6.45) is 6.83. The average molecular weight is 393 g/mol. The molecule has 10 heteroatoms. The highest BCUT2D eigenvalue weighted by molar-refractivity contribution is 7.90. The molecular weight excluding hydrogens is 370 g/mol. The van der Waals surface area contributed by atoms with Crippen molar-refractivity contribution in [3.05, 3.63) is 11.8 Å². The number of urea groups is 1. The summed E-state index contributed by atoms with van der Waals surface area (Å²) >= 11 is -1.32. The maximum Gasteiger partial charge on any atom is 0.407 e. The van der Waals surface area contributed by atoms with Gasteiger partial charge in [0.2, 0.25) is 0 Å². The van der Waals surface area contributed by atoms with Crippen LogP contribution in [-0.2, 0) is 17.7 Å². The summed E-state index contributed by atoms with van der Waals surface area (Å²) < 4.78 is 11.8. The number of hydrogen-bond donors (Lipinski definition) is 1. The largest absolute Gasteiger partial charge is 0.609 e. The van der Waals surface area contributed by atoms with E-state index in [0.29, 0.717) is 31.9 Å². The fourth-order valence-corrected chi connectivity index (χ4v) is 4.68. The third-order valence-corrected chi connectivity index (χ3v) is 6.37. The highest BCUT2D eigenvalue weighted by atomic mass is 32.2. The molecule has 1 aromatic heterocycles. The van der Waals surface area contributed by atoms with E-state index >= 15 is 0 Å². The van der Waals surface area contributed by atoms with Crippen LogP contribution < -0.4 is 4.90 Å². The molecule has 3 aliphatic rings. The fourth-order valence-electron chi connectivity index (χ4n) is 4.27. The molecule has 2 atom stereocenters. The number of anilines is 1. The number of carboxylic acid groups (broad SMARTS) is 1. The molecule has 1 aromatic rings. The molecule has 0 bridgehead atoms. The van der Waals surface area contributed by atoms with Gasteiger partial charge >= 0.3 is 17.3 Å². The van der Waals surface area contributed by atoms with Crippen molar-refractivity contribution in [1.29, 1.82) is 0 Å². The van der Waals surface area contributed by atoms with Gasteiger partial charge in [0, 0.05) is 42.1 Å². The van der Waals surface area contributed by atoms with E-state index < -0.39 is 17.3 Å². The molecule has 2 fully saturated rings. The van der Waals surface area contributed by atoms with E-state index in [4.69, 9.17) is 0 Å². The van der Waals surface area contributed by atoms with Gasteiger partial charge in [0.15, 0.2) is 5.82 Å². The van der Waals surface area contributed by atoms with E-state index in [-0.39, 0.29) is 23.3 Å². The van der Waals surface area contributed by atoms with Crippen molar-refractivity contribution in [3.63, 3.8) is 0 Å². The van der Waals surface area contributed by atoms with Crippen molar-refractivity contribution in [1.82, 2.24) is 19.8 Å². The van der Waals surface area contributed by atoms with Crippen LogP contribution in [0.4, 0.5) is 15.4 Å². The molecule has 1 unspecified atom stereocenters. The van der Waals surface area contributed by atoms with E-state index in [1.807, 2.05) is 0 Å². The Morgan fingerprint density at radius 3 is 2.67 bits per heavy atom. The number of carbonyl (C=O) groups is 2. The fraction of sp³-hybridized carbons (Fsp3) is 0.647. The van der Waals surface area contributed by atoms with Gasteiger partial charge in [-0.25, -0.2) is 9.59 Å². The Morgan fingerprint density at radius 2 is 2.04 bits per heavy atom. The molecule has 0 radical (unpaired) electrons. The zero-order valence-electron chi connectivity index (χ0n) is 15.2. The lowest BCUT2D eigenvalue weighted by atomic mass is 10.1. The van der Waals surface area contributed by atoms with Crippen LogP contribution in [0.15, 0.2) is 11.4 Å². The lowest BCUT2D eigenvalue weighted by Crippen LogP contribution is -2.55. The SMILES string of the molecule is C[S+]([O-])c1ncc2c(n1)N(C1CCCC1)C(=O)N([C@@H]1CCN(C(=O)O)C1)C2. The zero-order chi connectivity index (χ0) is 19.1. The maximum atomic E-state index is 13.4. The third kappa shape index (κ3) is 3.31. The van der Waals surface area contributed by atoms with Gasteiger partial charge in [-0.05, 0) is 19.3 Å². The van der Waals surface area contributed by atoms with Gasteiger partial charge in [-0.2, -0.15) is 9.97 Å². The first kappa shape index (κ1) is 18.3. The van der Waals surface area contributed by atoms with Crippen molar-refractivity contribution in [2.75, 3.05) is 24.2 Å². The molecular formula is C17H23N5O4S. The minimum atomic E-state index is -1.32. The predicted octanol–water partition coefficient (Wildman–Crippen LogP) is 1.65. The van der Waals surface area contributed by atoms with Crippen molar-refractivity contribution < 1.29 is 19.2 Å². The summed E-state index contributed by atoms with van der Waals surface area (Å²) in [5.74, 6) is 0.566. The van der Waals surface area contributed by atoms with Crippen LogP contribution in [-0.4, -0.2) is 73.0 Å². The van der Waals surface area contributed by atoms with Crippen molar-refractivity contribution in [2.24, 2.45) is 0 Å². The van der Waals surface area contributed by atoms with E-state index in [9.17, 15) is 19.2 Å². The Kier molecular flexibility index (Phi) is 4.85. The third-order valence-electron chi connectivity index (χ3n) is 5.66. The number of rotatable bonds is 3. The molecule has 27 heavy (non-hydrogen) atoms. The molecule has 2 aliphatic heterocycles. The van der Waals surface area contributed by atoms with Gasteiger partial charge in [-0.3, -0.25) is 4.90 Å². The molecule has 4 rings (SSSR count). The first-order valence-electron chi connectivity index (χ1n) is 9.22. The molecule has 146 valence electrons. The summed E-state index contributed by atoms with van der Waals surface area (Å²) in [4.78, 5) is 38.1. The average Bonchev–Trinajstić information content (AvgIpc) is 3.32. The van der Waals surface area contributed by atoms with Crippen LogP contribution in [0.1, 0.15) is 37.7 Å². The van der Waals surface area contributed by atoms with Crippen LogP contribution in [0.5, 0.6) is 0 Å². The van der Waals surface area contributed by atoms with E-state index in [0.717, 1.165) is 31.2 Å². The van der Waals surface area contributed by atoms with Crippen molar-refractivity contribution >= 4 is 29.1 Å². The first-order valence-corrected chi connectivity index (χ1v) is 10.8. The van der Waals surface area contributed by atoms with Gasteiger partial charge in [0.05, 0.1) is 12.6 Å². The standard InChI is InChI=1S/C17H23N5O4S/c1-27(26)15-18-8-11-9-21(13-6-7-20(10-13)17(24)25)16(23)22(14(11)19-15)12-4-2-3-5-12/h8,12-13H,2-7,9-10H2,1H3,(H,24,25)/t13-,27?/m1/s1. The van der Waals surface area contributed by atoms with Crippen LogP contribution in [0.25, 0.3) is 0 Å². The highest BCUT2D eigenvalue weighted by Crippen LogP contribution is 2.36. The Morgan fingerprint density at radius 1 is 1.30 bits per heavy atom. The number of hydrogen-bond acceptors (Lipinski definition) is 5. The Labute approximate surface area is 160 Å². The molecule has 1 saturated carbocycles. The van der Waals surface area contributed by atoms with Crippen LogP contribution in [0.2, 0.25) is 0 Å². The Hall–Kier alpha value is -2.07. The van der Waals surface area contributed by atoms with Gasteiger partial charge < -0.3 is 19.5 Å².